The van der Waals surface area contributed by atoms with Crippen LogP contribution in [0, 0.1) is 0 Å². The molecular formula is C14H17F3N2. The Hall–Kier alpha value is -1.07. The van der Waals surface area contributed by atoms with Gasteiger partial charge in [0.25, 0.3) is 0 Å². The molecule has 3 rings (SSSR count). The summed E-state index contributed by atoms with van der Waals surface area (Å²) in [6.45, 7) is 0.808. The van der Waals surface area contributed by atoms with Crippen LogP contribution in [0.1, 0.15) is 36.4 Å². The van der Waals surface area contributed by atoms with Crippen molar-refractivity contribution < 1.29 is 13.2 Å². The molecule has 2 unspecified atom stereocenters. The highest BCUT2D eigenvalue weighted by Crippen LogP contribution is 2.44. The minimum atomic E-state index is -4.31. The van der Waals surface area contributed by atoms with Gasteiger partial charge in [-0.1, -0.05) is 18.2 Å². The molecule has 1 aromatic rings. The minimum Gasteiger partial charge on any atom is -0.326 e. The van der Waals surface area contributed by atoms with E-state index in [1.807, 2.05) is 0 Å². The first-order valence-corrected chi connectivity index (χ1v) is 6.66. The average Bonchev–Trinajstić information content (AvgIpc) is 3.12. The number of hydrogen-bond donors (Lipinski definition) is 1. The summed E-state index contributed by atoms with van der Waals surface area (Å²) in [6, 6.07) is 5.78. The van der Waals surface area contributed by atoms with Crippen molar-refractivity contribution in [2.75, 3.05) is 6.54 Å². The van der Waals surface area contributed by atoms with E-state index < -0.39 is 11.7 Å². The van der Waals surface area contributed by atoms with Gasteiger partial charge in [0.1, 0.15) is 0 Å². The number of alkyl halides is 3. The molecule has 19 heavy (non-hydrogen) atoms. The van der Waals surface area contributed by atoms with E-state index >= 15 is 0 Å². The van der Waals surface area contributed by atoms with Crippen molar-refractivity contribution in [2.45, 2.75) is 43.6 Å². The lowest BCUT2D eigenvalue weighted by atomic mass is 9.95. The van der Waals surface area contributed by atoms with Gasteiger partial charge in [-0.15, -0.1) is 0 Å². The summed E-state index contributed by atoms with van der Waals surface area (Å²) < 4.78 is 39.3. The Kier molecular flexibility index (Phi) is 3.06. The first-order valence-electron chi connectivity index (χ1n) is 6.66. The predicted molar refractivity (Wildman–Crippen MR) is 66.5 cm³/mol. The van der Waals surface area contributed by atoms with Crippen LogP contribution in [-0.2, 0) is 6.18 Å². The lowest BCUT2D eigenvalue weighted by Gasteiger charge is -2.29. The third-order valence-electron chi connectivity index (χ3n) is 4.08. The normalized spacial score (nSPS) is 28.8. The van der Waals surface area contributed by atoms with Crippen molar-refractivity contribution in [1.29, 1.82) is 0 Å². The van der Waals surface area contributed by atoms with Gasteiger partial charge in [-0.25, -0.2) is 0 Å². The van der Waals surface area contributed by atoms with E-state index in [2.05, 4.69) is 4.90 Å². The fourth-order valence-corrected chi connectivity index (χ4v) is 3.08. The molecule has 0 amide bonds. The molecule has 2 fully saturated rings. The summed E-state index contributed by atoms with van der Waals surface area (Å²) in [4.78, 5) is 2.16. The summed E-state index contributed by atoms with van der Waals surface area (Å²) >= 11 is 0. The number of rotatable bonds is 2. The highest BCUT2D eigenvalue weighted by molar-refractivity contribution is 5.34. The molecule has 1 saturated heterocycles. The van der Waals surface area contributed by atoms with E-state index in [1.165, 1.54) is 6.07 Å². The van der Waals surface area contributed by atoms with Crippen LogP contribution in [0.3, 0.4) is 0 Å². The largest absolute Gasteiger partial charge is 0.416 e. The zero-order valence-corrected chi connectivity index (χ0v) is 10.5. The van der Waals surface area contributed by atoms with E-state index in [9.17, 15) is 13.2 Å². The Morgan fingerprint density at radius 1 is 1.11 bits per heavy atom. The van der Waals surface area contributed by atoms with E-state index in [-0.39, 0.29) is 12.1 Å². The highest BCUT2D eigenvalue weighted by Gasteiger charge is 2.44. The maximum atomic E-state index is 13.1. The maximum absolute atomic E-state index is 13.1. The molecule has 1 heterocycles. The average molecular weight is 270 g/mol. The molecule has 1 aromatic carbocycles. The van der Waals surface area contributed by atoms with Gasteiger partial charge in [0.2, 0.25) is 0 Å². The fourth-order valence-electron chi connectivity index (χ4n) is 3.08. The van der Waals surface area contributed by atoms with E-state index in [0.717, 1.165) is 31.9 Å². The van der Waals surface area contributed by atoms with Crippen LogP contribution in [0.15, 0.2) is 24.3 Å². The molecule has 2 atom stereocenters. The fraction of sp³-hybridized carbons (Fsp3) is 0.571. The molecule has 2 nitrogen and oxygen atoms in total. The molecule has 0 spiro atoms. The molecule has 2 N–H and O–H groups in total. The number of benzene rings is 1. The van der Waals surface area contributed by atoms with Gasteiger partial charge in [0, 0.05) is 18.6 Å². The molecule has 5 heteroatoms. The molecule has 1 aliphatic carbocycles. The van der Waals surface area contributed by atoms with Crippen LogP contribution in [-0.4, -0.2) is 23.5 Å². The first-order chi connectivity index (χ1) is 8.98. The quantitative estimate of drug-likeness (QED) is 0.895. The van der Waals surface area contributed by atoms with Crippen LogP contribution in [0.4, 0.5) is 13.2 Å². The number of nitrogens with zero attached hydrogens (tertiary/aromatic N) is 1. The molecular weight excluding hydrogens is 253 g/mol. The molecule has 0 bridgehead atoms. The van der Waals surface area contributed by atoms with Crippen molar-refractivity contribution >= 4 is 0 Å². The first kappa shape index (κ1) is 12.9. The van der Waals surface area contributed by atoms with Gasteiger partial charge >= 0.3 is 6.18 Å². The number of nitrogens with two attached hydrogens (primary N) is 1. The Morgan fingerprint density at radius 3 is 2.42 bits per heavy atom. The Morgan fingerprint density at radius 2 is 1.79 bits per heavy atom. The summed E-state index contributed by atoms with van der Waals surface area (Å²) in [7, 11) is 0. The Labute approximate surface area is 110 Å². The van der Waals surface area contributed by atoms with Gasteiger partial charge < -0.3 is 5.73 Å². The second-order valence-electron chi connectivity index (χ2n) is 5.45. The van der Waals surface area contributed by atoms with Crippen molar-refractivity contribution in [3.8, 4) is 0 Å². The van der Waals surface area contributed by atoms with E-state index in [0.29, 0.717) is 11.6 Å². The van der Waals surface area contributed by atoms with Crippen LogP contribution >= 0.6 is 0 Å². The predicted octanol–water partition coefficient (Wildman–Crippen LogP) is 2.94. The van der Waals surface area contributed by atoms with Crippen LogP contribution in [0.25, 0.3) is 0 Å². The number of likely N-dealkylation sites (tertiary alicyclic amines) is 1. The third-order valence-corrected chi connectivity index (χ3v) is 4.08. The standard InChI is InChI=1S/C14H17F3N2/c15-14(16,17)11-4-2-1-3-10(11)13-12(18)7-8-19(13)9-5-6-9/h1-4,9,12-13H,5-8,18H2. The van der Waals surface area contributed by atoms with Crippen molar-refractivity contribution in [3.05, 3.63) is 35.4 Å². The maximum Gasteiger partial charge on any atom is 0.416 e. The van der Waals surface area contributed by atoms with Crippen LogP contribution in [0.5, 0.6) is 0 Å². The van der Waals surface area contributed by atoms with E-state index in [4.69, 9.17) is 5.73 Å². The third kappa shape index (κ3) is 2.37. The van der Waals surface area contributed by atoms with Crippen LogP contribution in [0.2, 0.25) is 0 Å². The smallest absolute Gasteiger partial charge is 0.326 e. The molecule has 0 aromatic heterocycles. The lowest BCUT2D eigenvalue weighted by Crippen LogP contribution is -2.34. The molecule has 1 aliphatic heterocycles. The van der Waals surface area contributed by atoms with Gasteiger partial charge in [-0.2, -0.15) is 13.2 Å². The zero-order valence-electron chi connectivity index (χ0n) is 10.5. The van der Waals surface area contributed by atoms with Gasteiger partial charge in [-0.05, 0) is 30.9 Å². The highest BCUT2D eigenvalue weighted by atomic mass is 19.4. The van der Waals surface area contributed by atoms with Crippen molar-refractivity contribution in [3.63, 3.8) is 0 Å². The lowest BCUT2D eigenvalue weighted by molar-refractivity contribution is -0.138. The topological polar surface area (TPSA) is 29.3 Å². The second-order valence-corrected chi connectivity index (χ2v) is 5.45. The molecule has 2 aliphatic rings. The zero-order chi connectivity index (χ0) is 13.6. The second kappa shape index (κ2) is 4.49. The summed E-state index contributed by atoms with van der Waals surface area (Å²) in [5.74, 6) is 0. The van der Waals surface area contributed by atoms with Gasteiger partial charge in [-0.3, -0.25) is 4.90 Å². The minimum absolute atomic E-state index is 0.205. The molecule has 104 valence electrons. The van der Waals surface area contributed by atoms with Gasteiger partial charge in [0.05, 0.1) is 11.6 Å². The van der Waals surface area contributed by atoms with Crippen LogP contribution < -0.4 is 5.73 Å². The monoisotopic (exact) mass is 270 g/mol. The SMILES string of the molecule is NC1CCN(C2CC2)C1c1ccccc1C(F)(F)F. The molecule has 1 saturated carbocycles. The number of halogens is 3. The number of hydrogen-bond acceptors (Lipinski definition) is 2. The van der Waals surface area contributed by atoms with Gasteiger partial charge in [0.15, 0.2) is 0 Å². The van der Waals surface area contributed by atoms with E-state index in [1.54, 1.807) is 12.1 Å². The van der Waals surface area contributed by atoms with Crippen molar-refractivity contribution in [1.82, 2.24) is 4.90 Å². The Bertz CT molecular complexity index is 468. The molecule has 0 radical (unpaired) electrons. The Balaban J connectivity index is 2.00. The summed E-state index contributed by atoms with van der Waals surface area (Å²) in [5.41, 5.74) is 5.87. The summed E-state index contributed by atoms with van der Waals surface area (Å²) in [5, 5.41) is 0. The van der Waals surface area contributed by atoms with Crippen molar-refractivity contribution in [2.24, 2.45) is 5.73 Å². The summed E-state index contributed by atoms with van der Waals surface area (Å²) in [6.07, 6.45) is -1.38.